The van der Waals surface area contributed by atoms with Gasteiger partial charge in [-0.2, -0.15) is 4.98 Å². The van der Waals surface area contributed by atoms with Crippen molar-refractivity contribution in [3.63, 3.8) is 0 Å². The van der Waals surface area contributed by atoms with Crippen LogP contribution < -0.4 is 10.3 Å². The van der Waals surface area contributed by atoms with E-state index in [0.717, 1.165) is 17.5 Å². The average molecular weight is 503 g/mol. The number of para-hydroxylation sites is 1. The van der Waals surface area contributed by atoms with E-state index >= 15 is 0 Å². The van der Waals surface area contributed by atoms with E-state index in [2.05, 4.69) is 15.1 Å². The minimum absolute atomic E-state index is 0.264. The van der Waals surface area contributed by atoms with Crippen LogP contribution in [0.4, 0.5) is 4.39 Å². The van der Waals surface area contributed by atoms with Gasteiger partial charge < -0.3 is 9.26 Å². The van der Waals surface area contributed by atoms with Crippen molar-refractivity contribution < 1.29 is 13.7 Å². The van der Waals surface area contributed by atoms with Crippen LogP contribution in [0.5, 0.6) is 5.75 Å². The summed E-state index contributed by atoms with van der Waals surface area (Å²) in [6, 6.07) is 21.5. The Balaban J connectivity index is 1.36. The number of fused-ring (bicyclic) bond motifs is 1. The molecule has 3 aromatic carbocycles. The monoisotopic (exact) mass is 502 g/mol. The van der Waals surface area contributed by atoms with E-state index in [1.807, 2.05) is 61.5 Å². The number of aromatic nitrogens is 4. The van der Waals surface area contributed by atoms with Crippen LogP contribution in [-0.4, -0.2) is 19.7 Å². The smallest absolute Gasteiger partial charge is 0.262 e. The number of hydrogen-bond donors (Lipinski definition) is 0. The molecule has 0 aliphatic carbocycles. The van der Waals surface area contributed by atoms with Crippen molar-refractivity contribution in [1.82, 2.24) is 19.7 Å². The minimum Gasteiger partial charge on any atom is -0.488 e. The molecule has 5 aromatic rings. The first-order valence-electron chi connectivity index (χ1n) is 11.5. The lowest BCUT2D eigenvalue weighted by Crippen LogP contribution is -2.23. The van der Waals surface area contributed by atoms with Gasteiger partial charge in [-0.25, -0.2) is 9.37 Å². The maximum Gasteiger partial charge on any atom is 0.262 e. The number of halogens is 1. The molecule has 0 bridgehead atoms. The van der Waals surface area contributed by atoms with Gasteiger partial charge in [0.15, 0.2) is 5.16 Å². The molecule has 0 unspecified atom stereocenters. The fourth-order valence-electron chi connectivity index (χ4n) is 3.77. The van der Waals surface area contributed by atoms with E-state index in [1.54, 1.807) is 4.57 Å². The normalized spacial score (nSPS) is 11.2. The topological polar surface area (TPSA) is 83.0 Å². The Kier molecular flexibility index (Phi) is 7.08. The summed E-state index contributed by atoms with van der Waals surface area (Å²) in [4.78, 5) is 22.1. The van der Waals surface area contributed by atoms with Gasteiger partial charge in [0, 0.05) is 6.54 Å². The molecule has 0 spiro atoms. The predicted octanol–water partition coefficient (Wildman–Crippen LogP) is 5.87. The largest absolute Gasteiger partial charge is 0.488 e. The molecule has 0 radical (unpaired) electrons. The Morgan fingerprint density at radius 2 is 1.83 bits per heavy atom. The van der Waals surface area contributed by atoms with Gasteiger partial charge in [-0.05, 0) is 42.3 Å². The van der Waals surface area contributed by atoms with Crippen LogP contribution >= 0.6 is 11.8 Å². The van der Waals surface area contributed by atoms with Gasteiger partial charge in [-0.3, -0.25) is 9.36 Å². The zero-order valence-corrected chi connectivity index (χ0v) is 20.4. The molecule has 36 heavy (non-hydrogen) atoms. The molecule has 0 amide bonds. The van der Waals surface area contributed by atoms with Gasteiger partial charge in [0.2, 0.25) is 11.7 Å². The molecule has 5 rings (SSSR count). The summed E-state index contributed by atoms with van der Waals surface area (Å²) < 4.78 is 26.8. The van der Waals surface area contributed by atoms with Gasteiger partial charge >= 0.3 is 0 Å². The van der Waals surface area contributed by atoms with E-state index in [0.29, 0.717) is 47.0 Å². The molecule has 0 aliphatic heterocycles. The standard InChI is InChI=1S/C27H23FN4O3S/c1-2-14-32-26(33)21-15-19(28)12-13-22(21)29-27(32)36-17-24-30-25(31-35-24)20-10-6-7-11-23(20)34-16-18-8-4-3-5-9-18/h3-13,15H,2,14,16-17H2,1H3. The number of thioether (sulfide) groups is 1. The third kappa shape index (κ3) is 5.16. The molecule has 7 nitrogen and oxygen atoms in total. The molecular formula is C27H23FN4O3S. The summed E-state index contributed by atoms with van der Waals surface area (Å²) in [5.41, 5.74) is 1.97. The molecule has 2 aromatic heterocycles. The lowest BCUT2D eigenvalue weighted by atomic mass is 10.2. The van der Waals surface area contributed by atoms with Crippen LogP contribution in [0.1, 0.15) is 24.8 Å². The molecule has 0 saturated heterocycles. The van der Waals surface area contributed by atoms with Crippen LogP contribution in [0.15, 0.2) is 87.3 Å². The first-order valence-corrected chi connectivity index (χ1v) is 12.5. The predicted molar refractivity (Wildman–Crippen MR) is 136 cm³/mol. The Hall–Kier alpha value is -3.98. The Morgan fingerprint density at radius 1 is 1.03 bits per heavy atom. The first-order chi connectivity index (χ1) is 17.6. The Morgan fingerprint density at radius 3 is 2.67 bits per heavy atom. The summed E-state index contributed by atoms with van der Waals surface area (Å²) >= 11 is 1.32. The van der Waals surface area contributed by atoms with E-state index in [4.69, 9.17) is 9.26 Å². The van der Waals surface area contributed by atoms with Gasteiger partial charge in [0.05, 0.1) is 22.2 Å². The van der Waals surface area contributed by atoms with Crippen LogP contribution in [0.2, 0.25) is 0 Å². The summed E-state index contributed by atoms with van der Waals surface area (Å²) in [7, 11) is 0. The maximum absolute atomic E-state index is 13.7. The summed E-state index contributed by atoms with van der Waals surface area (Å²) in [5.74, 6) is 1.33. The van der Waals surface area contributed by atoms with E-state index in [-0.39, 0.29) is 10.9 Å². The molecule has 0 saturated carbocycles. The van der Waals surface area contributed by atoms with Crippen molar-refractivity contribution >= 4 is 22.7 Å². The van der Waals surface area contributed by atoms with Gasteiger partial charge in [0.25, 0.3) is 5.56 Å². The molecule has 0 fully saturated rings. The quantitative estimate of drug-likeness (QED) is 0.184. The van der Waals surface area contributed by atoms with Crippen LogP contribution in [0.3, 0.4) is 0 Å². The van der Waals surface area contributed by atoms with Crippen molar-refractivity contribution in [2.24, 2.45) is 0 Å². The summed E-state index contributed by atoms with van der Waals surface area (Å²) in [5, 5.41) is 4.92. The SMILES string of the molecule is CCCn1c(SCc2nc(-c3ccccc3OCc3ccccc3)no2)nc2ccc(F)cc2c1=O. The fourth-order valence-corrected chi connectivity index (χ4v) is 4.63. The molecule has 0 N–H and O–H groups in total. The van der Waals surface area contributed by atoms with Crippen molar-refractivity contribution in [2.75, 3.05) is 0 Å². The van der Waals surface area contributed by atoms with Crippen molar-refractivity contribution in [2.45, 2.75) is 37.4 Å². The third-order valence-electron chi connectivity index (χ3n) is 5.49. The molecule has 182 valence electrons. The maximum atomic E-state index is 13.7. The zero-order chi connectivity index (χ0) is 24.9. The number of nitrogens with zero attached hydrogens (tertiary/aromatic N) is 4. The number of rotatable bonds is 9. The van der Waals surface area contributed by atoms with Crippen molar-refractivity contribution in [3.8, 4) is 17.1 Å². The summed E-state index contributed by atoms with van der Waals surface area (Å²) in [6.07, 6.45) is 0.737. The number of hydrogen-bond acceptors (Lipinski definition) is 7. The number of ether oxygens (including phenoxy) is 1. The van der Waals surface area contributed by atoms with Crippen molar-refractivity contribution in [3.05, 3.63) is 100 Å². The highest BCUT2D eigenvalue weighted by molar-refractivity contribution is 7.98. The van der Waals surface area contributed by atoms with Crippen molar-refractivity contribution in [1.29, 1.82) is 0 Å². The Bertz CT molecular complexity index is 1550. The lowest BCUT2D eigenvalue weighted by molar-refractivity contribution is 0.307. The first kappa shape index (κ1) is 23.7. The fraction of sp³-hybridized carbons (Fsp3) is 0.185. The van der Waals surface area contributed by atoms with Gasteiger partial charge in [-0.1, -0.05) is 66.3 Å². The zero-order valence-electron chi connectivity index (χ0n) is 19.6. The van der Waals surface area contributed by atoms with E-state index < -0.39 is 5.82 Å². The second-order valence-corrected chi connectivity index (χ2v) is 9.03. The third-order valence-corrected chi connectivity index (χ3v) is 6.45. The van der Waals surface area contributed by atoms with E-state index in [1.165, 1.54) is 30.0 Å². The molecule has 0 atom stereocenters. The van der Waals surface area contributed by atoms with Crippen LogP contribution in [0.25, 0.3) is 22.3 Å². The van der Waals surface area contributed by atoms with Gasteiger partial charge in [-0.15, -0.1) is 0 Å². The average Bonchev–Trinajstić information content (AvgIpc) is 3.38. The second kappa shape index (κ2) is 10.7. The van der Waals surface area contributed by atoms with Crippen LogP contribution in [-0.2, 0) is 18.9 Å². The molecular weight excluding hydrogens is 479 g/mol. The molecule has 0 aliphatic rings. The molecule has 2 heterocycles. The highest BCUT2D eigenvalue weighted by atomic mass is 32.2. The number of benzene rings is 3. The Labute approximate surface area is 211 Å². The molecule has 9 heteroatoms. The van der Waals surface area contributed by atoms with Gasteiger partial charge in [0.1, 0.15) is 18.2 Å². The van der Waals surface area contributed by atoms with Crippen LogP contribution in [0, 0.1) is 5.82 Å². The lowest BCUT2D eigenvalue weighted by Gasteiger charge is -2.11. The minimum atomic E-state index is -0.462. The summed E-state index contributed by atoms with van der Waals surface area (Å²) in [6.45, 7) is 2.87. The van der Waals surface area contributed by atoms with E-state index in [9.17, 15) is 9.18 Å². The second-order valence-electron chi connectivity index (χ2n) is 8.08. The highest BCUT2D eigenvalue weighted by Crippen LogP contribution is 2.29. The highest BCUT2D eigenvalue weighted by Gasteiger charge is 2.16.